The summed E-state index contributed by atoms with van der Waals surface area (Å²) in [7, 11) is 0. The summed E-state index contributed by atoms with van der Waals surface area (Å²) in [6.45, 7) is 8.24. The Bertz CT molecular complexity index is 606. The van der Waals surface area contributed by atoms with Crippen molar-refractivity contribution in [2.75, 3.05) is 18.0 Å². The highest BCUT2D eigenvalue weighted by atomic mass is 32.1. The van der Waals surface area contributed by atoms with Crippen LogP contribution in [0, 0.1) is 6.92 Å². The molecule has 0 fully saturated rings. The maximum absolute atomic E-state index is 4.75. The molecule has 1 aliphatic rings. The molecule has 4 heteroatoms. The minimum atomic E-state index is 0.886. The van der Waals surface area contributed by atoms with Crippen molar-refractivity contribution in [1.82, 2.24) is 10.3 Å². The Balaban J connectivity index is 1.73. The van der Waals surface area contributed by atoms with E-state index in [1.165, 1.54) is 40.4 Å². The van der Waals surface area contributed by atoms with Gasteiger partial charge in [0.15, 0.2) is 0 Å². The molecule has 2 aromatic rings. The Kier molecular flexibility index (Phi) is 4.56. The van der Waals surface area contributed by atoms with E-state index >= 15 is 0 Å². The SMILES string of the molecule is CCNCc1nc(CN2CCCc3cc(C)ccc32)cs1. The van der Waals surface area contributed by atoms with E-state index in [-0.39, 0.29) is 0 Å². The molecule has 0 aliphatic carbocycles. The van der Waals surface area contributed by atoms with E-state index in [1.807, 2.05) is 0 Å². The summed E-state index contributed by atoms with van der Waals surface area (Å²) in [6, 6.07) is 6.82. The number of anilines is 1. The van der Waals surface area contributed by atoms with E-state index in [1.54, 1.807) is 11.3 Å². The first-order valence-electron chi connectivity index (χ1n) is 7.74. The Hall–Kier alpha value is -1.39. The van der Waals surface area contributed by atoms with Crippen LogP contribution in [-0.2, 0) is 19.5 Å². The lowest BCUT2D eigenvalue weighted by molar-refractivity contribution is 0.679. The van der Waals surface area contributed by atoms with Crippen molar-refractivity contribution in [3.63, 3.8) is 0 Å². The second kappa shape index (κ2) is 6.58. The molecule has 3 nitrogen and oxygen atoms in total. The van der Waals surface area contributed by atoms with Crippen molar-refractivity contribution >= 4 is 17.0 Å². The molecular weight excluding hydrogens is 278 g/mol. The molecule has 3 rings (SSSR count). The molecule has 112 valence electrons. The van der Waals surface area contributed by atoms with Gasteiger partial charge in [0.25, 0.3) is 0 Å². The number of rotatable bonds is 5. The van der Waals surface area contributed by atoms with E-state index in [4.69, 9.17) is 4.98 Å². The highest BCUT2D eigenvalue weighted by molar-refractivity contribution is 7.09. The molecule has 21 heavy (non-hydrogen) atoms. The van der Waals surface area contributed by atoms with Gasteiger partial charge in [0, 0.05) is 24.2 Å². The van der Waals surface area contributed by atoms with Gasteiger partial charge in [-0.1, -0.05) is 24.6 Å². The van der Waals surface area contributed by atoms with Crippen molar-refractivity contribution in [2.45, 2.75) is 39.8 Å². The van der Waals surface area contributed by atoms with Crippen LogP contribution in [0.1, 0.15) is 35.2 Å². The van der Waals surface area contributed by atoms with Crippen molar-refractivity contribution in [2.24, 2.45) is 0 Å². The molecular formula is C17H23N3S. The molecule has 1 aromatic heterocycles. The monoisotopic (exact) mass is 301 g/mol. The molecule has 2 heterocycles. The topological polar surface area (TPSA) is 28.2 Å². The lowest BCUT2D eigenvalue weighted by Gasteiger charge is -2.31. The van der Waals surface area contributed by atoms with Crippen LogP contribution >= 0.6 is 11.3 Å². The van der Waals surface area contributed by atoms with Crippen molar-refractivity contribution < 1.29 is 0 Å². The van der Waals surface area contributed by atoms with E-state index in [0.717, 1.165) is 26.2 Å². The number of fused-ring (bicyclic) bond motifs is 1. The molecule has 0 atom stereocenters. The van der Waals surface area contributed by atoms with Gasteiger partial charge in [0.2, 0.25) is 0 Å². The van der Waals surface area contributed by atoms with Crippen LogP contribution in [0.15, 0.2) is 23.6 Å². The van der Waals surface area contributed by atoms with Crippen molar-refractivity contribution in [3.05, 3.63) is 45.4 Å². The summed E-state index contributed by atoms with van der Waals surface area (Å²) in [4.78, 5) is 7.22. The van der Waals surface area contributed by atoms with E-state index in [9.17, 15) is 0 Å². The second-order valence-corrected chi connectivity index (χ2v) is 6.61. The summed E-state index contributed by atoms with van der Waals surface area (Å²) in [5.41, 5.74) is 5.44. The maximum Gasteiger partial charge on any atom is 0.107 e. The van der Waals surface area contributed by atoms with Gasteiger partial charge in [-0.2, -0.15) is 0 Å². The first-order valence-corrected chi connectivity index (χ1v) is 8.62. The molecule has 0 unspecified atom stereocenters. The average Bonchev–Trinajstić information content (AvgIpc) is 2.92. The molecule has 0 spiro atoms. The number of nitrogens with one attached hydrogen (secondary N) is 1. The Morgan fingerprint density at radius 2 is 2.29 bits per heavy atom. The maximum atomic E-state index is 4.75. The summed E-state index contributed by atoms with van der Waals surface area (Å²) in [6.07, 6.45) is 2.45. The van der Waals surface area contributed by atoms with Crippen molar-refractivity contribution in [1.29, 1.82) is 0 Å². The minimum absolute atomic E-state index is 0.886. The van der Waals surface area contributed by atoms with Crippen LogP contribution in [0.4, 0.5) is 5.69 Å². The fourth-order valence-electron chi connectivity index (χ4n) is 2.90. The van der Waals surface area contributed by atoms with Gasteiger partial charge in [-0.05, 0) is 37.9 Å². The van der Waals surface area contributed by atoms with E-state index < -0.39 is 0 Å². The fourth-order valence-corrected chi connectivity index (χ4v) is 3.65. The Morgan fingerprint density at radius 3 is 3.14 bits per heavy atom. The van der Waals surface area contributed by atoms with Gasteiger partial charge in [0.1, 0.15) is 5.01 Å². The second-order valence-electron chi connectivity index (χ2n) is 5.67. The quantitative estimate of drug-likeness (QED) is 0.916. The third-order valence-electron chi connectivity index (χ3n) is 3.93. The summed E-state index contributed by atoms with van der Waals surface area (Å²) < 4.78 is 0. The van der Waals surface area contributed by atoms with Gasteiger partial charge in [-0.3, -0.25) is 0 Å². The van der Waals surface area contributed by atoms with Gasteiger partial charge in [-0.15, -0.1) is 11.3 Å². The first kappa shape index (κ1) is 14.5. The molecule has 0 radical (unpaired) electrons. The molecule has 1 aromatic carbocycles. The van der Waals surface area contributed by atoms with Crippen LogP contribution in [0.3, 0.4) is 0 Å². The van der Waals surface area contributed by atoms with Crippen LogP contribution < -0.4 is 10.2 Å². The standard InChI is InChI=1S/C17H23N3S/c1-3-18-10-17-19-15(12-21-17)11-20-8-4-5-14-9-13(2)6-7-16(14)20/h6-7,9,12,18H,3-5,8,10-11H2,1-2H3. The lowest BCUT2D eigenvalue weighted by Crippen LogP contribution is -2.29. The summed E-state index contributed by atoms with van der Waals surface area (Å²) in [5.74, 6) is 0. The number of benzene rings is 1. The first-order chi connectivity index (χ1) is 10.3. The predicted octanol–water partition coefficient (Wildman–Crippen LogP) is 3.51. The fraction of sp³-hybridized carbons (Fsp3) is 0.471. The number of nitrogens with zero attached hydrogens (tertiary/aromatic N) is 2. The molecule has 0 saturated carbocycles. The van der Waals surface area contributed by atoms with Crippen LogP contribution in [-0.4, -0.2) is 18.1 Å². The van der Waals surface area contributed by atoms with Gasteiger partial charge in [0.05, 0.1) is 12.2 Å². The Labute approximate surface area is 131 Å². The van der Waals surface area contributed by atoms with E-state index in [2.05, 4.69) is 47.6 Å². The predicted molar refractivity (Wildman–Crippen MR) is 90.0 cm³/mol. The molecule has 0 bridgehead atoms. The summed E-state index contributed by atoms with van der Waals surface area (Å²) in [5, 5.41) is 6.73. The van der Waals surface area contributed by atoms with E-state index in [0.29, 0.717) is 0 Å². The normalized spacial score (nSPS) is 14.3. The average molecular weight is 301 g/mol. The summed E-state index contributed by atoms with van der Waals surface area (Å²) >= 11 is 1.76. The highest BCUT2D eigenvalue weighted by Gasteiger charge is 2.17. The highest BCUT2D eigenvalue weighted by Crippen LogP contribution is 2.29. The zero-order valence-electron chi connectivity index (χ0n) is 12.9. The molecule has 0 saturated heterocycles. The number of hydrogen-bond donors (Lipinski definition) is 1. The lowest BCUT2D eigenvalue weighted by atomic mass is 9.99. The smallest absolute Gasteiger partial charge is 0.107 e. The molecule has 0 amide bonds. The number of aryl methyl sites for hydroxylation is 2. The minimum Gasteiger partial charge on any atom is -0.365 e. The number of thiazole rings is 1. The zero-order chi connectivity index (χ0) is 14.7. The number of hydrogen-bond acceptors (Lipinski definition) is 4. The van der Waals surface area contributed by atoms with Crippen molar-refractivity contribution in [3.8, 4) is 0 Å². The third kappa shape index (κ3) is 3.44. The third-order valence-corrected chi connectivity index (χ3v) is 4.83. The van der Waals surface area contributed by atoms with Crippen LogP contribution in [0.2, 0.25) is 0 Å². The largest absolute Gasteiger partial charge is 0.365 e. The van der Waals surface area contributed by atoms with Gasteiger partial charge < -0.3 is 10.2 Å². The number of aromatic nitrogens is 1. The van der Waals surface area contributed by atoms with Gasteiger partial charge in [-0.25, -0.2) is 4.98 Å². The van der Waals surface area contributed by atoms with Crippen LogP contribution in [0.5, 0.6) is 0 Å². The van der Waals surface area contributed by atoms with Crippen LogP contribution in [0.25, 0.3) is 0 Å². The Morgan fingerprint density at radius 1 is 1.38 bits per heavy atom. The molecule has 1 N–H and O–H groups in total. The van der Waals surface area contributed by atoms with Gasteiger partial charge >= 0.3 is 0 Å². The zero-order valence-corrected chi connectivity index (χ0v) is 13.7. The molecule has 1 aliphatic heterocycles.